The van der Waals surface area contributed by atoms with E-state index >= 15 is 0 Å². The highest BCUT2D eigenvalue weighted by Crippen LogP contribution is 2.29. The summed E-state index contributed by atoms with van der Waals surface area (Å²) in [6.07, 6.45) is 4.86. The summed E-state index contributed by atoms with van der Waals surface area (Å²) in [6, 6.07) is 5.29. The quantitative estimate of drug-likeness (QED) is 0.818. The molecule has 1 aliphatic rings. The Kier molecular flexibility index (Phi) is 3.30. The van der Waals surface area contributed by atoms with E-state index in [0.717, 1.165) is 12.8 Å². The van der Waals surface area contributed by atoms with E-state index in [1.165, 1.54) is 12.3 Å². The van der Waals surface area contributed by atoms with Crippen LogP contribution in [0.25, 0.3) is 0 Å². The lowest BCUT2D eigenvalue weighted by Crippen LogP contribution is -2.45. The number of nitriles is 1. The third-order valence-corrected chi connectivity index (χ3v) is 3.22. The molecule has 0 saturated heterocycles. The predicted molar refractivity (Wildman–Crippen MR) is 63.5 cm³/mol. The Labute approximate surface area is 105 Å². The Hall–Kier alpha value is -1.60. The number of pyridine rings is 1. The second-order valence-corrected chi connectivity index (χ2v) is 4.61. The van der Waals surface area contributed by atoms with E-state index in [0.29, 0.717) is 18.4 Å². The van der Waals surface area contributed by atoms with Crippen LogP contribution in [-0.2, 0) is 0 Å². The molecule has 0 bridgehead atoms. The smallest absolute Gasteiger partial charge is 0.252 e. The minimum atomic E-state index is -0.702. The van der Waals surface area contributed by atoms with Crippen LogP contribution in [0.4, 0.5) is 0 Å². The molecule has 2 rings (SSSR count). The summed E-state index contributed by atoms with van der Waals surface area (Å²) in [7, 11) is 0. The van der Waals surface area contributed by atoms with Crippen LogP contribution in [0.5, 0.6) is 0 Å². The Morgan fingerprint density at radius 2 is 2.24 bits per heavy atom. The molecule has 1 heterocycles. The van der Waals surface area contributed by atoms with Crippen LogP contribution in [0.2, 0.25) is 5.15 Å². The molecule has 88 valence electrons. The lowest BCUT2D eigenvalue weighted by molar-refractivity contribution is 0.0920. The number of hydrogen-bond acceptors (Lipinski definition) is 3. The first-order chi connectivity index (χ1) is 8.15. The Morgan fingerprint density at radius 3 is 2.82 bits per heavy atom. The fourth-order valence-corrected chi connectivity index (χ4v) is 2.25. The molecule has 1 fully saturated rings. The van der Waals surface area contributed by atoms with Crippen LogP contribution in [0.15, 0.2) is 18.3 Å². The highest BCUT2D eigenvalue weighted by molar-refractivity contribution is 6.29. The standard InChI is InChI=1S/C12H12ClN3O/c13-10-7-9(3-6-15-10)11(17)16-12(8-14)4-1-2-5-12/h3,6-7H,1-2,4-5H2,(H,16,17). The zero-order valence-corrected chi connectivity index (χ0v) is 10.00. The van der Waals surface area contributed by atoms with Gasteiger partial charge in [0.15, 0.2) is 0 Å². The van der Waals surface area contributed by atoms with Crippen LogP contribution >= 0.6 is 11.6 Å². The van der Waals surface area contributed by atoms with Crippen molar-refractivity contribution in [3.63, 3.8) is 0 Å². The molecule has 1 amide bonds. The van der Waals surface area contributed by atoms with Gasteiger partial charge in [0.25, 0.3) is 5.91 Å². The van der Waals surface area contributed by atoms with Gasteiger partial charge in [-0.1, -0.05) is 11.6 Å². The first kappa shape index (κ1) is 11.9. The zero-order chi connectivity index (χ0) is 12.3. The van der Waals surface area contributed by atoms with Crippen molar-refractivity contribution in [2.45, 2.75) is 31.2 Å². The van der Waals surface area contributed by atoms with E-state index in [9.17, 15) is 4.79 Å². The molecule has 0 aliphatic heterocycles. The normalized spacial score (nSPS) is 17.4. The van der Waals surface area contributed by atoms with Gasteiger partial charge in [0.1, 0.15) is 10.7 Å². The fourth-order valence-electron chi connectivity index (χ4n) is 2.08. The molecule has 5 heteroatoms. The Bertz CT molecular complexity index is 475. The molecule has 0 spiro atoms. The molecular formula is C12H12ClN3O. The van der Waals surface area contributed by atoms with Crippen molar-refractivity contribution >= 4 is 17.5 Å². The number of halogens is 1. The van der Waals surface area contributed by atoms with Gasteiger partial charge in [0.2, 0.25) is 0 Å². The molecule has 0 aromatic carbocycles. The van der Waals surface area contributed by atoms with Gasteiger partial charge < -0.3 is 5.32 Å². The van der Waals surface area contributed by atoms with Gasteiger partial charge in [-0.3, -0.25) is 4.79 Å². The second-order valence-electron chi connectivity index (χ2n) is 4.22. The van der Waals surface area contributed by atoms with Crippen LogP contribution in [0, 0.1) is 11.3 Å². The zero-order valence-electron chi connectivity index (χ0n) is 9.24. The minimum Gasteiger partial charge on any atom is -0.334 e. The summed E-state index contributed by atoms with van der Waals surface area (Å²) in [5.41, 5.74) is -0.265. The lowest BCUT2D eigenvalue weighted by atomic mass is 9.99. The van der Waals surface area contributed by atoms with Crippen molar-refractivity contribution < 1.29 is 4.79 Å². The van der Waals surface area contributed by atoms with Crippen molar-refractivity contribution in [2.24, 2.45) is 0 Å². The van der Waals surface area contributed by atoms with Gasteiger partial charge in [0, 0.05) is 11.8 Å². The number of nitrogens with zero attached hydrogens (tertiary/aromatic N) is 2. The Morgan fingerprint density at radius 1 is 1.53 bits per heavy atom. The monoisotopic (exact) mass is 249 g/mol. The van der Waals surface area contributed by atoms with Crippen molar-refractivity contribution in [2.75, 3.05) is 0 Å². The molecular weight excluding hydrogens is 238 g/mol. The molecule has 0 radical (unpaired) electrons. The first-order valence-corrected chi connectivity index (χ1v) is 5.88. The lowest BCUT2D eigenvalue weighted by Gasteiger charge is -2.21. The number of rotatable bonds is 2. The molecule has 17 heavy (non-hydrogen) atoms. The Balaban J connectivity index is 2.14. The molecule has 0 unspecified atom stereocenters. The maximum atomic E-state index is 12.0. The van der Waals surface area contributed by atoms with Crippen molar-refractivity contribution in [3.05, 3.63) is 29.0 Å². The van der Waals surface area contributed by atoms with Gasteiger partial charge in [-0.15, -0.1) is 0 Å². The maximum Gasteiger partial charge on any atom is 0.252 e. The molecule has 1 N–H and O–H groups in total. The fraction of sp³-hybridized carbons (Fsp3) is 0.417. The summed E-state index contributed by atoms with van der Waals surface area (Å²) in [5, 5.41) is 12.2. The average molecular weight is 250 g/mol. The summed E-state index contributed by atoms with van der Waals surface area (Å²) < 4.78 is 0. The topological polar surface area (TPSA) is 65.8 Å². The molecule has 4 nitrogen and oxygen atoms in total. The largest absolute Gasteiger partial charge is 0.334 e. The van der Waals surface area contributed by atoms with E-state index in [4.69, 9.17) is 16.9 Å². The average Bonchev–Trinajstić information content (AvgIpc) is 2.78. The summed E-state index contributed by atoms with van der Waals surface area (Å²) in [4.78, 5) is 15.8. The van der Waals surface area contributed by atoms with Crippen molar-refractivity contribution in [3.8, 4) is 6.07 Å². The van der Waals surface area contributed by atoms with E-state index in [1.807, 2.05) is 0 Å². The summed E-state index contributed by atoms with van der Waals surface area (Å²) in [5.74, 6) is -0.266. The first-order valence-electron chi connectivity index (χ1n) is 5.50. The van der Waals surface area contributed by atoms with Crippen LogP contribution in [-0.4, -0.2) is 16.4 Å². The number of hydrogen-bond donors (Lipinski definition) is 1. The summed E-state index contributed by atoms with van der Waals surface area (Å²) >= 11 is 5.72. The third-order valence-electron chi connectivity index (χ3n) is 3.01. The van der Waals surface area contributed by atoms with Gasteiger partial charge in [-0.2, -0.15) is 5.26 Å². The minimum absolute atomic E-state index is 0.266. The van der Waals surface area contributed by atoms with Gasteiger partial charge in [0.05, 0.1) is 6.07 Å². The van der Waals surface area contributed by atoms with Crippen molar-refractivity contribution in [1.82, 2.24) is 10.3 Å². The van der Waals surface area contributed by atoms with Crippen molar-refractivity contribution in [1.29, 1.82) is 5.26 Å². The number of nitrogens with one attached hydrogen (secondary N) is 1. The van der Waals surface area contributed by atoms with E-state index in [-0.39, 0.29) is 11.1 Å². The van der Waals surface area contributed by atoms with E-state index in [1.54, 1.807) is 6.07 Å². The van der Waals surface area contributed by atoms with Crippen LogP contribution in [0.1, 0.15) is 36.0 Å². The van der Waals surface area contributed by atoms with Crippen LogP contribution in [0.3, 0.4) is 0 Å². The third kappa shape index (κ3) is 2.56. The molecule has 0 atom stereocenters. The molecule has 1 saturated carbocycles. The number of aromatic nitrogens is 1. The SMILES string of the molecule is N#CC1(NC(=O)c2ccnc(Cl)c2)CCCC1. The van der Waals surface area contributed by atoms with Gasteiger partial charge >= 0.3 is 0 Å². The number of carbonyl (C=O) groups is 1. The highest BCUT2D eigenvalue weighted by Gasteiger charge is 2.35. The highest BCUT2D eigenvalue weighted by atomic mass is 35.5. The number of carbonyl (C=O) groups excluding carboxylic acids is 1. The van der Waals surface area contributed by atoms with Gasteiger partial charge in [-0.05, 0) is 37.8 Å². The maximum absolute atomic E-state index is 12.0. The van der Waals surface area contributed by atoms with E-state index in [2.05, 4.69) is 16.4 Å². The summed E-state index contributed by atoms with van der Waals surface area (Å²) in [6.45, 7) is 0. The van der Waals surface area contributed by atoms with E-state index < -0.39 is 5.54 Å². The second kappa shape index (κ2) is 4.72. The molecule has 1 aromatic rings. The molecule has 1 aromatic heterocycles. The number of amides is 1. The van der Waals surface area contributed by atoms with Crippen LogP contribution < -0.4 is 5.32 Å². The predicted octanol–water partition coefficient (Wildman–Crippen LogP) is 2.30. The molecule has 1 aliphatic carbocycles. The van der Waals surface area contributed by atoms with Gasteiger partial charge in [-0.25, -0.2) is 4.98 Å².